The van der Waals surface area contributed by atoms with E-state index in [2.05, 4.69) is 30.8 Å². The molecular formula is C9H9BrN2O3. The number of carbonyl (C=O) groups excluding carboxylic acids is 1. The number of oxime groups is 1. The average molecular weight is 273 g/mol. The number of hydrogen-bond acceptors (Lipinski definition) is 5. The van der Waals surface area contributed by atoms with Crippen LogP contribution in [0.1, 0.15) is 21.6 Å². The molecule has 0 fully saturated rings. The SMILES string of the molecule is COC(=O)c1cnc(C(Br)=NO)cc1C. The quantitative estimate of drug-likeness (QED) is 0.385. The molecule has 80 valence electrons. The summed E-state index contributed by atoms with van der Waals surface area (Å²) in [6, 6.07) is 1.62. The highest BCUT2D eigenvalue weighted by atomic mass is 79.9. The Bertz CT molecular complexity index is 418. The first-order valence-corrected chi connectivity index (χ1v) is 4.82. The number of pyridine rings is 1. The molecular weight excluding hydrogens is 264 g/mol. The van der Waals surface area contributed by atoms with Gasteiger partial charge in [-0.2, -0.15) is 0 Å². The predicted molar refractivity (Wildman–Crippen MR) is 57.6 cm³/mol. The second-order valence-electron chi connectivity index (χ2n) is 2.77. The van der Waals surface area contributed by atoms with Crippen LogP contribution in [0.15, 0.2) is 17.4 Å². The summed E-state index contributed by atoms with van der Waals surface area (Å²) >= 11 is 3.02. The number of methoxy groups -OCH3 is 1. The Morgan fingerprint density at radius 1 is 1.67 bits per heavy atom. The van der Waals surface area contributed by atoms with Gasteiger partial charge in [-0.25, -0.2) is 4.79 Å². The number of aryl methyl sites for hydroxylation is 1. The number of halogens is 1. The molecule has 0 aromatic carbocycles. The number of ether oxygens (including phenoxy) is 1. The Morgan fingerprint density at radius 3 is 2.80 bits per heavy atom. The highest BCUT2D eigenvalue weighted by Crippen LogP contribution is 2.12. The van der Waals surface area contributed by atoms with Crippen LogP contribution in [0, 0.1) is 6.92 Å². The maximum atomic E-state index is 11.2. The van der Waals surface area contributed by atoms with Gasteiger partial charge in [0.1, 0.15) is 0 Å². The minimum atomic E-state index is -0.441. The first-order chi connectivity index (χ1) is 7.10. The smallest absolute Gasteiger partial charge is 0.339 e. The van der Waals surface area contributed by atoms with Crippen molar-refractivity contribution in [2.24, 2.45) is 5.16 Å². The van der Waals surface area contributed by atoms with Crippen LogP contribution in [0.5, 0.6) is 0 Å². The van der Waals surface area contributed by atoms with Gasteiger partial charge in [-0.3, -0.25) is 4.98 Å². The van der Waals surface area contributed by atoms with Crippen molar-refractivity contribution in [1.29, 1.82) is 0 Å². The summed E-state index contributed by atoms with van der Waals surface area (Å²) in [5, 5.41) is 11.5. The molecule has 0 unspecified atom stereocenters. The Balaban J connectivity index is 3.14. The van der Waals surface area contributed by atoms with E-state index in [-0.39, 0.29) is 4.62 Å². The van der Waals surface area contributed by atoms with Gasteiger partial charge in [0, 0.05) is 6.20 Å². The lowest BCUT2D eigenvalue weighted by Gasteiger charge is -2.04. The average Bonchev–Trinajstić information content (AvgIpc) is 2.26. The van der Waals surface area contributed by atoms with Crippen LogP contribution < -0.4 is 0 Å². The zero-order valence-electron chi connectivity index (χ0n) is 8.19. The van der Waals surface area contributed by atoms with Gasteiger partial charge in [-0.15, -0.1) is 0 Å². The third-order valence-corrected chi connectivity index (χ3v) is 2.38. The van der Waals surface area contributed by atoms with Crippen molar-refractivity contribution >= 4 is 26.5 Å². The minimum absolute atomic E-state index is 0.210. The van der Waals surface area contributed by atoms with Gasteiger partial charge in [0.25, 0.3) is 0 Å². The lowest BCUT2D eigenvalue weighted by Crippen LogP contribution is -2.06. The van der Waals surface area contributed by atoms with Crippen molar-refractivity contribution in [2.45, 2.75) is 6.92 Å². The van der Waals surface area contributed by atoms with E-state index in [4.69, 9.17) is 5.21 Å². The molecule has 5 nitrogen and oxygen atoms in total. The summed E-state index contributed by atoms with van der Waals surface area (Å²) in [4.78, 5) is 15.2. The molecule has 0 aliphatic rings. The molecule has 1 heterocycles. The van der Waals surface area contributed by atoms with E-state index < -0.39 is 5.97 Å². The topological polar surface area (TPSA) is 71.8 Å². The molecule has 1 aromatic heterocycles. The van der Waals surface area contributed by atoms with Crippen molar-refractivity contribution in [3.63, 3.8) is 0 Å². The maximum Gasteiger partial charge on any atom is 0.339 e. The molecule has 0 saturated carbocycles. The molecule has 1 aromatic rings. The second kappa shape index (κ2) is 4.88. The Labute approximate surface area is 94.9 Å². The van der Waals surface area contributed by atoms with Crippen molar-refractivity contribution in [3.05, 3.63) is 29.1 Å². The molecule has 6 heteroatoms. The molecule has 0 saturated heterocycles. The van der Waals surface area contributed by atoms with Gasteiger partial charge in [0.2, 0.25) is 0 Å². The van der Waals surface area contributed by atoms with E-state index in [0.29, 0.717) is 16.8 Å². The highest BCUT2D eigenvalue weighted by molar-refractivity contribution is 9.18. The van der Waals surface area contributed by atoms with Crippen LogP contribution >= 0.6 is 15.9 Å². The van der Waals surface area contributed by atoms with Gasteiger partial charge in [-0.1, -0.05) is 5.16 Å². The fourth-order valence-electron chi connectivity index (χ4n) is 1.04. The van der Waals surface area contributed by atoms with Crippen molar-refractivity contribution < 1.29 is 14.7 Å². The molecule has 15 heavy (non-hydrogen) atoms. The van der Waals surface area contributed by atoms with E-state index in [1.54, 1.807) is 13.0 Å². The molecule has 0 aliphatic carbocycles. The van der Waals surface area contributed by atoms with Crippen LogP contribution in [0.2, 0.25) is 0 Å². The van der Waals surface area contributed by atoms with Gasteiger partial charge in [0.15, 0.2) is 4.62 Å². The summed E-state index contributed by atoms with van der Waals surface area (Å²) in [5.41, 5.74) is 1.54. The molecule has 0 radical (unpaired) electrons. The predicted octanol–water partition coefficient (Wildman–Crippen LogP) is 1.71. The van der Waals surface area contributed by atoms with Gasteiger partial charge in [-0.05, 0) is 34.5 Å². The van der Waals surface area contributed by atoms with E-state index in [0.717, 1.165) is 0 Å². The van der Waals surface area contributed by atoms with E-state index in [1.165, 1.54) is 13.3 Å². The first-order valence-electron chi connectivity index (χ1n) is 4.03. The number of aromatic nitrogens is 1. The highest BCUT2D eigenvalue weighted by Gasteiger charge is 2.11. The van der Waals surface area contributed by atoms with Crippen molar-refractivity contribution in [2.75, 3.05) is 7.11 Å². The standard InChI is InChI=1S/C9H9BrN2O3/c1-5-3-7(8(10)12-14)11-4-6(5)9(13)15-2/h3-4,14H,1-2H3. The van der Waals surface area contributed by atoms with E-state index in [1.807, 2.05) is 0 Å². The van der Waals surface area contributed by atoms with Crippen molar-refractivity contribution in [3.8, 4) is 0 Å². The third-order valence-electron chi connectivity index (χ3n) is 1.82. The molecule has 1 rings (SSSR count). The summed E-state index contributed by atoms with van der Waals surface area (Å²) in [6.45, 7) is 1.75. The van der Waals surface area contributed by atoms with Crippen LogP contribution in [0.4, 0.5) is 0 Å². The Hall–Kier alpha value is -1.43. The molecule has 0 aliphatic heterocycles. The third kappa shape index (κ3) is 2.53. The van der Waals surface area contributed by atoms with E-state index >= 15 is 0 Å². The molecule has 0 amide bonds. The zero-order valence-corrected chi connectivity index (χ0v) is 9.78. The minimum Gasteiger partial charge on any atom is -0.465 e. The second-order valence-corrected chi connectivity index (χ2v) is 3.52. The number of carbonyl (C=O) groups is 1. The summed E-state index contributed by atoms with van der Waals surface area (Å²) in [7, 11) is 1.31. The monoisotopic (exact) mass is 272 g/mol. The number of esters is 1. The maximum absolute atomic E-state index is 11.2. The van der Waals surface area contributed by atoms with Crippen LogP contribution in [-0.2, 0) is 4.74 Å². The fraction of sp³-hybridized carbons (Fsp3) is 0.222. The van der Waals surface area contributed by atoms with Gasteiger partial charge in [0.05, 0.1) is 18.4 Å². The first kappa shape index (κ1) is 11.6. The van der Waals surface area contributed by atoms with Crippen LogP contribution in [0.25, 0.3) is 0 Å². The largest absolute Gasteiger partial charge is 0.465 e. The Kier molecular flexibility index (Phi) is 3.79. The van der Waals surface area contributed by atoms with Crippen LogP contribution in [0.3, 0.4) is 0 Å². The molecule has 0 atom stereocenters. The number of nitrogens with zero attached hydrogens (tertiary/aromatic N) is 2. The zero-order chi connectivity index (χ0) is 11.4. The molecule has 0 bridgehead atoms. The summed E-state index contributed by atoms with van der Waals surface area (Å²) < 4.78 is 4.78. The van der Waals surface area contributed by atoms with Crippen LogP contribution in [-0.4, -0.2) is 27.9 Å². The fourth-order valence-corrected chi connectivity index (χ4v) is 1.26. The number of rotatable bonds is 2. The number of hydrogen-bond donors (Lipinski definition) is 1. The lowest BCUT2D eigenvalue weighted by molar-refractivity contribution is 0.0599. The summed E-state index contributed by atoms with van der Waals surface area (Å²) in [6.07, 6.45) is 1.38. The van der Waals surface area contributed by atoms with Crippen molar-refractivity contribution in [1.82, 2.24) is 4.98 Å². The molecule has 0 spiro atoms. The summed E-state index contributed by atoms with van der Waals surface area (Å²) in [5.74, 6) is -0.441. The van der Waals surface area contributed by atoms with Gasteiger partial charge < -0.3 is 9.94 Å². The molecule has 1 N–H and O–H groups in total. The lowest BCUT2D eigenvalue weighted by atomic mass is 10.1. The Morgan fingerprint density at radius 2 is 2.33 bits per heavy atom. The van der Waals surface area contributed by atoms with E-state index in [9.17, 15) is 4.79 Å². The van der Waals surface area contributed by atoms with Gasteiger partial charge >= 0.3 is 5.97 Å². The normalized spacial score (nSPS) is 11.3.